The molecule has 74 valence electrons. The SMILES string of the molecule is Cc1cnn(CCCCCCCl)c1. The van der Waals surface area contributed by atoms with Gasteiger partial charge in [0.15, 0.2) is 0 Å². The van der Waals surface area contributed by atoms with Crippen molar-refractivity contribution in [3.8, 4) is 0 Å². The molecule has 0 saturated carbocycles. The van der Waals surface area contributed by atoms with Crippen LogP contribution in [0.5, 0.6) is 0 Å². The number of halogens is 1. The van der Waals surface area contributed by atoms with E-state index in [0.717, 1.165) is 18.8 Å². The normalized spacial score (nSPS) is 10.6. The standard InChI is InChI=1S/C10H17ClN2/c1-10-8-12-13(9-10)7-5-3-2-4-6-11/h8-9H,2-7H2,1H3. The molecule has 0 N–H and O–H groups in total. The molecular weight excluding hydrogens is 184 g/mol. The summed E-state index contributed by atoms with van der Waals surface area (Å²) in [5.41, 5.74) is 1.24. The highest BCUT2D eigenvalue weighted by Crippen LogP contribution is 2.03. The van der Waals surface area contributed by atoms with Crippen LogP contribution in [0.1, 0.15) is 31.2 Å². The lowest BCUT2D eigenvalue weighted by molar-refractivity contribution is 0.542. The Balaban J connectivity index is 2.06. The van der Waals surface area contributed by atoms with Gasteiger partial charge in [0, 0.05) is 18.6 Å². The Labute approximate surface area is 84.9 Å². The summed E-state index contributed by atoms with van der Waals surface area (Å²) in [5, 5.41) is 4.22. The third-order valence-electron chi connectivity index (χ3n) is 2.03. The van der Waals surface area contributed by atoms with Crippen molar-refractivity contribution in [1.82, 2.24) is 9.78 Å². The van der Waals surface area contributed by atoms with Crippen LogP contribution in [0.4, 0.5) is 0 Å². The van der Waals surface area contributed by atoms with Crippen molar-refractivity contribution in [3.63, 3.8) is 0 Å². The zero-order valence-electron chi connectivity index (χ0n) is 8.17. The highest BCUT2D eigenvalue weighted by atomic mass is 35.5. The van der Waals surface area contributed by atoms with Crippen LogP contribution in [0.3, 0.4) is 0 Å². The molecule has 0 saturated heterocycles. The molecule has 0 amide bonds. The van der Waals surface area contributed by atoms with Crippen molar-refractivity contribution in [3.05, 3.63) is 18.0 Å². The van der Waals surface area contributed by atoms with Gasteiger partial charge in [-0.1, -0.05) is 12.8 Å². The zero-order valence-corrected chi connectivity index (χ0v) is 8.93. The van der Waals surface area contributed by atoms with E-state index in [-0.39, 0.29) is 0 Å². The molecule has 0 aliphatic rings. The third kappa shape index (κ3) is 4.32. The summed E-state index contributed by atoms with van der Waals surface area (Å²) in [6.45, 7) is 3.10. The average Bonchev–Trinajstić information content (AvgIpc) is 2.51. The van der Waals surface area contributed by atoms with Crippen LogP contribution in [-0.4, -0.2) is 15.7 Å². The number of hydrogen-bond acceptors (Lipinski definition) is 1. The first-order chi connectivity index (χ1) is 6.33. The predicted molar refractivity (Wildman–Crippen MR) is 56.2 cm³/mol. The second kappa shape index (κ2) is 6.03. The minimum atomic E-state index is 0.793. The Hall–Kier alpha value is -0.500. The molecule has 2 nitrogen and oxygen atoms in total. The fraction of sp³-hybridized carbons (Fsp3) is 0.700. The van der Waals surface area contributed by atoms with Crippen LogP contribution >= 0.6 is 11.6 Å². The van der Waals surface area contributed by atoms with Gasteiger partial charge in [-0.15, -0.1) is 11.6 Å². The van der Waals surface area contributed by atoms with Gasteiger partial charge >= 0.3 is 0 Å². The van der Waals surface area contributed by atoms with E-state index < -0.39 is 0 Å². The maximum atomic E-state index is 5.58. The summed E-state index contributed by atoms with van der Waals surface area (Å²) in [6.07, 6.45) is 8.83. The van der Waals surface area contributed by atoms with Gasteiger partial charge in [-0.25, -0.2) is 0 Å². The van der Waals surface area contributed by atoms with E-state index in [9.17, 15) is 0 Å². The predicted octanol–water partition coefficient (Wildman–Crippen LogP) is 2.99. The topological polar surface area (TPSA) is 17.8 Å². The molecule has 1 aromatic heterocycles. The van der Waals surface area contributed by atoms with E-state index in [0.29, 0.717) is 0 Å². The minimum Gasteiger partial charge on any atom is -0.272 e. The number of hydrogen-bond donors (Lipinski definition) is 0. The summed E-state index contributed by atoms with van der Waals surface area (Å²) in [5.74, 6) is 0.793. The Kier molecular flexibility index (Phi) is 4.91. The van der Waals surface area contributed by atoms with Crippen molar-refractivity contribution in [2.45, 2.75) is 39.2 Å². The van der Waals surface area contributed by atoms with Crippen molar-refractivity contribution in [2.24, 2.45) is 0 Å². The maximum absolute atomic E-state index is 5.58. The summed E-state index contributed by atoms with van der Waals surface area (Å²) < 4.78 is 2.01. The summed E-state index contributed by atoms with van der Waals surface area (Å²) >= 11 is 5.58. The molecule has 0 aliphatic carbocycles. The first kappa shape index (κ1) is 10.6. The molecule has 1 aromatic rings. The number of aryl methyl sites for hydroxylation is 2. The monoisotopic (exact) mass is 200 g/mol. The van der Waals surface area contributed by atoms with E-state index in [4.69, 9.17) is 11.6 Å². The maximum Gasteiger partial charge on any atom is 0.0518 e. The van der Waals surface area contributed by atoms with Crippen LogP contribution in [0.25, 0.3) is 0 Å². The van der Waals surface area contributed by atoms with Gasteiger partial charge in [-0.2, -0.15) is 5.10 Å². The number of unbranched alkanes of at least 4 members (excludes halogenated alkanes) is 3. The minimum absolute atomic E-state index is 0.793. The molecule has 3 heteroatoms. The van der Waals surface area contributed by atoms with Gasteiger partial charge in [-0.05, 0) is 25.3 Å². The molecule has 0 aromatic carbocycles. The van der Waals surface area contributed by atoms with E-state index in [1.807, 2.05) is 10.9 Å². The Morgan fingerprint density at radius 2 is 2.08 bits per heavy atom. The lowest BCUT2D eigenvalue weighted by Gasteiger charge is -2.00. The summed E-state index contributed by atoms with van der Waals surface area (Å²) in [4.78, 5) is 0. The Morgan fingerprint density at radius 3 is 2.69 bits per heavy atom. The van der Waals surface area contributed by atoms with E-state index in [2.05, 4.69) is 18.2 Å². The van der Waals surface area contributed by atoms with Crippen LogP contribution in [0.15, 0.2) is 12.4 Å². The van der Waals surface area contributed by atoms with Gasteiger partial charge in [0.05, 0.1) is 6.20 Å². The molecule has 0 bridgehead atoms. The van der Waals surface area contributed by atoms with E-state index in [1.54, 1.807) is 0 Å². The summed E-state index contributed by atoms with van der Waals surface area (Å²) in [7, 11) is 0. The second-order valence-corrected chi connectivity index (χ2v) is 3.76. The molecule has 0 fully saturated rings. The van der Waals surface area contributed by atoms with Gasteiger partial charge in [0.2, 0.25) is 0 Å². The molecule has 1 heterocycles. The van der Waals surface area contributed by atoms with Crippen LogP contribution < -0.4 is 0 Å². The first-order valence-electron chi connectivity index (χ1n) is 4.88. The number of nitrogens with zero attached hydrogens (tertiary/aromatic N) is 2. The molecule has 0 spiro atoms. The van der Waals surface area contributed by atoms with Crippen molar-refractivity contribution < 1.29 is 0 Å². The molecule has 0 radical (unpaired) electrons. The van der Waals surface area contributed by atoms with Gasteiger partial charge in [0.25, 0.3) is 0 Å². The lowest BCUT2D eigenvalue weighted by atomic mass is 10.2. The van der Waals surface area contributed by atoms with Gasteiger partial charge < -0.3 is 0 Å². The smallest absolute Gasteiger partial charge is 0.0518 e. The lowest BCUT2D eigenvalue weighted by Crippen LogP contribution is -1.97. The number of aromatic nitrogens is 2. The quantitative estimate of drug-likeness (QED) is 0.510. The Bertz CT molecular complexity index is 233. The highest BCUT2D eigenvalue weighted by Gasteiger charge is 1.93. The first-order valence-corrected chi connectivity index (χ1v) is 5.41. The summed E-state index contributed by atoms with van der Waals surface area (Å²) in [6, 6.07) is 0. The molecule has 1 rings (SSSR count). The fourth-order valence-corrected chi connectivity index (χ4v) is 1.50. The highest BCUT2D eigenvalue weighted by molar-refractivity contribution is 6.17. The molecular formula is C10H17ClN2. The number of rotatable bonds is 6. The Morgan fingerprint density at radius 1 is 1.31 bits per heavy atom. The van der Waals surface area contributed by atoms with E-state index in [1.165, 1.54) is 24.8 Å². The fourth-order valence-electron chi connectivity index (χ4n) is 1.31. The van der Waals surface area contributed by atoms with Crippen molar-refractivity contribution >= 4 is 11.6 Å². The van der Waals surface area contributed by atoms with Crippen LogP contribution in [0.2, 0.25) is 0 Å². The molecule has 13 heavy (non-hydrogen) atoms. The van der Waals surface area contributed by atoms with Gasteiger partial charge in [0.1, 0.15) is 0 Å². The second-order valence-electron chi connectivity index (χ2n) is 3.38. The molecule has 0 atom stereocenters. The average molecular weight is 201 g/mol. The molecule has 0 unspecified atom stereocenters. The van der Waals surface area contributed by atoms with Gasteiger partial charge in [-0.3, -0.25) is 4.68 Å². The number of alkyl halides is 1. The van der Waals surface area contributed by atoms with E-state index >= 15 is 0 Å². The molecule has 0 aliphatic heterocycles. The zero-order chi connectivity index (χ0) is 9.52. The largest absolute Gasteiger partial charge is 0.272 e. The van der Waals surface area contributed by atoms with Crippen LogP contribution in [-0.2, 0) is 6.54 Å². The third-order valence-corrected chi connectivity index (χ3v) is 2.30. The van der Waals surface area contributed by atoms with Crippen LogP contribution in [0, 0.1) is 6.92 Å². The van der Waals surface area contributed by atoms with Crippen molar-refractivity contribution in [2.75, 3.05) is 5.88 Å². The van der Waals surface area contributed by atoms with Crippen molar-refractivity contribution in [1.29, 1.82) is 0 Å².